The second kappa shape index (κ2) is 9.90. The number of nitriles is 1. The summed E-state index contributed by atoms with van der Waals surface area (Å²) in [5.74, 6) is 0.205. The summed E-state index contributed by atoms with van der Waals surface area (Å²) in [7, 11) is 3.16. The SMILES string of the molecule is CCOc1cc(/C=C(/C#N)C(=O)N(C)C)c(Br)cc1OCc1cccc(F)c1. The van der Waals surface area contributed by atoms with E-state index >= 15 is 0 Å². The average Bonchev–Trinajstić information content (AvgIpc) is 2.66. The van der Waals surface area contributed by atoms with Gasteiger partial charge in [-0.05, 0) is 48.4 Å². The third-order valence-corrected chi connectivity index (χ3v) is 4.39. The van der Waals surface area contributed by atoms with Crippen LogP contribution in [0.2, 0.25) is 0 Å². The first-order valence-corrected chi connectivity index (χ1v) is 9.32. The van der Waals surface area contributed by atoms with Crippen LogP contribution >= 0.6 is 15.9 Å². The third-order valence-electron chi connectivity index (χ3n) is 3.70. The predicted octanol–water partition coefficient (Wildman–Crippen LogP) is 4.56. The van der Waals surface area contributed by atoms with Crippen LogP contribution < -0.4 is 9.47 Å². The summed E-state index contributed by atoms with van der Waals surface area (Å²) >= 11 is 3.44. The lowest BCUT2D eigenvalue weighted by Gasteiger charge is -2.15. The van der Waals surface area contributed by atoms with E-state index in [1.54, 1.807) is 38.4 Å². The highest BCUT2D eigenvalue weighted by atomic mass is 79.9. The smallest absolute Gasteiger partial charge is 0.264 e. The number of carbonyl (C=O) groups excluding carboxylic acids is 1. The molecule has 2 aromatic carbocycles. The van der Waals surface area contributed by atoms with Crippen LogP contribution in [-0.4, -0.2) is 31.5 Å². The highest BCUT2D eigenvalue weighted by Gasteiger charge is 2.15. The van der Waals surface area contributed by atoms with Crippen LogP contribution in [0.1, 0.15) is 18.1 Å². The molecular weight excluding hydrogens is 427 g/mol. The molecule has 5 nitrogen and oxygen atoms in total. The van der Waals surface area contributed by atoms with Crippen molar-refractivity contribution >= 4 is 27.9 Å². The van der Waals surface area contributed by atoms with Crippen molar-refractivity contribution in [2.24, 2.45) is 0 Å². The van der Waals surface area contributed by atoms with Crippen molar-refractivity contribution in [1.82, 2.24) is 4.90 Å². The van der Waals surface area contributed by atoms with Gasteiger partial charge in [-0.3, -0.25) is 4.79 Å². The van der Waals surface area contributed by atoms with Crippen molar-refractivity contribution in [3.8, 4) is 17.6 Å². The van der Waals surface area contributed by atoms with Crippen molar-refractivity contribution in [3.05, 3.63) is 63.4 Å². The molecule has 146 valence electrons. The van der Waals surface area contributed by atoms with Gasteiger partial charge in [-0.2, -0.15) is 5.26 Å². The molecule has 0 aliphatic heterocycles. The molecule has 0 saturated carbocycles. The van der Waals surface area contributed by atoms with Crippen LogP contribution in [0.3, 0.4) is 0 Å². The molecule has 0 bridgehead atoms. The van der Waals surface area contributed by atoms with Crippen LogP contribution in [0, 0.1) is 17.1 Å². The highest BCUT2D eigenvalue weighted by Crippen LogP contribution is 2.35. The molecular formula is C21H20BrFN2O3. The number of halogens is 2. The first-order chi connectivity index (χ1) is 13.3. The number of hydrogen-bond acceptors (Lipinski definition) is 4. The minimum atomic E-state index is -0.390. The van der Waals surface area contributed by atoms with Gasteiger partial charge in [0.2, 0.25) is 0 Å². The largest absolute Gasteiger partial charge is 0.490 e. The maximum absolute atomic E-state index is 13.3. The van der Waals surface area contributed by atoms with Gasteiger partial charge in [0.15, 0.2) is 11.5 Å². The zero-order chi connectivity index (χ0) is 20.7. The fourth-order valence-electron chi connectivity index (χ4n) is 2.37. The first kappa shape index (κ1) is 21.5. The zero-order valence-corrected chi connectivity index (χ0v) is 17.4. The summed E-state index contributed by atoms with van der Waals surface area (Å²) in [6.07, 6.45) is 1.49. The Morgan fingerprint density at radius 3 is 2.57 bits per heavy atom. The fourth-order valence-corrected chi connectivity index (χ4v) is 2.81. The Labute approximate surface area is 172 Å². The van der Waals surface area contributed by atoms with Gasteiger partial charge in [0.1, 0.15) is 24.1 Å². The summed E-state index contributed by atoms with van der Waals surface area (Å²) in [6, 6.07) is 11.5. The van der Waals surface area contributed by atoms with Gasteiger partial charge < -0.3 is 14.4 Å². The fraction of sp³-hybridized carbons (Fsp3) is 0.238. The number of rotatable bonds is 7. The Morgan fingerprint density at radius 1 is 1.25 bits per heavy atom. The van der Waals surface area contributed by atoms with E-state index in [0.29, 0.717) is 33.7 Å². The highest BCUT2D eigenvalue weighted by molar-refractivity contribution is 9.10. The van der Waals surface area contributed by atoms with Gasteiger partial charge in [-0.1, -0.05) is 28.1 Å². The lowest BCUT2D eigenvalue weighted by Crippen LogP contribution is -2.22. The molecule has 0 fully saturated rings. The van der Waals surface area contributed by atoms with E-state index in [2.05, 4.69) is 15.9 Å². The molecule has 0 atom stereocenters. The maximum Gasteiger partial charge on any atom is 0.264 e. The molecule has 2 aromatic rings. The van der Waals surface area contributed by atoms with E-state index in [1.807, 2.05) is 13.0 Å². The van der Waals surface area contributed by atoms with Gasteiger partial charge >= 0.3 is 0 Å². The maximum atomic E-state index is 13.3. The Bertz CT molecular complexity index is 936. The van der Waals surface area contributed by atoms with Crippen LogP contribution in [-0.2, 0) is 11.4 Å². The normalized spacial score (nSPS) is 10.9. The Morgan fingerprint density at radius 2 is 1.96 bits per heavy atom. The number of likely N-dealkylation sites (N-methyl/N-ethyl adjacent to an activating group) is 1. The molecule has 0 N–H and O–H groups in total. The van der Waals surface area contributed by atoms with E-state index in [9.17, 15) is 14.4 Å². The number of amides is 1. The Balaban J connectivity index is 2.35. The van der Waals surface area contributed by atoms with Crippen molar-refractivity contribution in [2.45, 2.75) is 13.5 Å². The minimum Gasteiger partial charge on any atom is -0.490 e. The third kappa shape index (κ3) is 5.57. The molecule has 28 heavy (non-hydrogen) atoms. The van der Waals surface area contributed by atoms with Gasteiger partial charge in [0.05, 0.1) is 6.61 Å². The molecule has 7 heteroatoms. The monoisotopic (exact) mass is 446 g/mol. The van der Waals surface area contributed by atoms with Gasteiger partial charge in [-0.25, -0.2) is 4.39 Å². The van der Waals surface area contributed by atoms with Crippen LogP contribution in [0.15, 0.2) is 46.4 Å². The van der Waals surface area contributed by atoms with E-state index in [1.165, 1.54) is 23.1 Å². The lowest BCUT2D eigenvalue weighted by molar-refractivity contribution is -0.124. The van der Waals surface area contributed by atoms with Crippen molar-refractivity contribution in [2.75, 3.05) is 20.7 Å². The molecule has 2 rings (SSSR count). The van der Waals surface area contributed by atoms with Crippen LogP contribution in [0.5, 0.6) is 11.5 Å². The van der Waals surface area contributed by atoms with Crippen molar-refractivity contribution in [1.29, 1.82) is 5.26 Å². The predicted molar refractivity (Wildman–Crippen MR) is 108 cm³/mol. The molecule has 0 aliphatic carbocycles. The first-order valence-electron chi connectivity index (χ1n) is 8.52. The summed E-state index contributed by atoms with van der Waals surface area (Å²) in [5.41, 5.74) is 1.29. The second-order valence-electron chi connectivity index (χ2n) is 6.04. The average molecular weight is 447 g/mol. The van der Waals surface area contributed by atoms with E-state index in [0.717, 1.165) is 0 Å². The molecule has 0 aromatic heterocycles. The summed E-state index contributed by atoms with van der Waals surface area (Å²) in [6.45, 7) is 2.41. The van der Waals surface area contributed by atoms with Crippen molar-refractivity contribution < 1.29 is 18.7 Å². The van der Waals surface area contributed by atoms with E-state index in [4.69, 9.17) is 9.47 Å². The quantitative estimate of drug-likeness (QED) is 0.461. The van der Waals surface area contributed by atoms with Gasteiger partial charge in [0.25, 0.3) is 5.91 Å². The minimum absolute atomic E-state index is 0.00146. The molecule has 1 amide bonds. The lowest BCUT2D eigenvalue weighted by atomic mass is 10.1. The van der Waals surface area contributed by atoms with E-state index < -0.39 is 5.91 Å². The van der Waals surface area contributed by atoms with Gasteiger partial charge in [-0.15, -0.1) is 0 Å². The topological polar surface area (TPSA) is 62.6 Å². The number of benzene rings is 2. The standard InChI is InChI=1S/C21H20BrFN2O3/c1-4-27-19-10-15(9-16(12-24)21(26)25(2)3)18(22)11-20(19)28-13-14-6-5-7-17(23)8-14/h5-11H,4,13H2,1-3H3/b16-9-. The summed E-state index contributed by atoms with van der Waals surface area (Å²) < 4.78 is 25.4. The Kier molecular flexibility index (Phi) is 7.59. The molecule has 0 aliphatic rings. The van der Waals surface area contributed by atoms with Crippen LogP contribution in [0.4, 0.5) is 4.39 Å². The number of hydrogen-bond donors (Lipinski definition) is 0. The molecule has 0 saturated heterocycles. The molecule has 0 heterocycles. The zero-order valence-electron chi connectivity index (χ0n) is 15.8. The number of nitrogens with zero attached hydrogens (tertiary/aromatic N) is 2. The number of carbonyl (C=O) groups is 1. The Hall–Kier alpha value is -2.85. The summed E-state index contributed by atoms with van der Waals surface area (Å²) in [5, 5.41) is 9.29. The second-order valence-corrected chi connectivity index (χ2v) is 6.90. The summed E-state index contributed by atoms with van der Waals surface area (Å²) in [4.78, 5) is 13.4. The van der Waals surface area contributed by atoms with Crippen molar-refractivity contribution in [3.63, 3.8) is 0 Å². The molecule has 0 spiro atoms. The van der Waals surface area contributed by atoms with Crippen LogP contribution in [0.25, 0.3) is 6.08 Å². The van der Waals surface area contributed by atoms with Gasteiger partial charge in [0, 0.05) is 18.6 Å². The molecule has 0 radical (unpaired) electrons. The number of ether oxygens (including phenoxy) is 2. The van der Waals surface area contributed by atoms with E-state index in [-0.39, 0.29) is 18.0 Å². The molecule has 0 unspecified atom stereocenters.